The van der Waals surface area contributed by atoms with E-state index in [0.717, 1.165) is 31.5 Å². The Kier molecular flexibility index (Phi) is 5.23. The molecular formula is C22H30N4O2. The van der Waals surface area contributed by atoms with Gasteiger partial charge in [0.05, 0.1) is 31.3 Å². The Labute approximate surface area is 166 Å². The van der Waals surface area contributed by atoms with Crippen LogP contribution in [0.2, 0.25) is 0 Å². The van der Waals surface area contributed by atoms with Gasteiger partial charge in [0, 0.05) is 36.7 Å². The van der Waals surface area contributed by atoms with Crippen molar-refractivity contribution in [2.24, 2.45) is 11.8 Å². The van der Waals surface area contributed by atoms with E-state index in [2.05, 4.69) is 30.0 Å². The van der Waals surface area contributed by atoms with E-state index in [4.69, 9.17) is 4.74 Å². The first-order valence-electron chi connectivity index (χ1n) is 10.3. The van der Waals surface area contributed by atoms with Crippen LogP contribution in [-0.2, 0) is 28.0 Å². The Hall–Kier alpha value is -2.21. The van der Waals surface area contributed by atoms with Crippen LogP contribution in [0.4, 0.5) is 0 Å². The van der Waals surface area contributed by atoms with Gasteiger partial charge in [0.1, 0.15) is 0 Å². The topological polar surface area (TPSA) is 60.3 Å². The molecule has 28 heavy (non-hydrogen) atoms. The number of rotatable bonds is 8. The highest BCUT2D eigenvalue weighted by atomic mass is 16.5. The molecule has 2 heterocycles. The van der Waals surface area contributed by atoms with E-state index in [1.54, 1.807) is 13.3 Å². The van der Waals surface area contributed by atoms with Crippen molar-refractivity contribution in [3.05, 3.63) is 48.0 Å². The molecule has 0 aliphatic heterocycles. The van der Waals surface area contributed by atoms with Crippen molar-refractivity contribution in [3.63, 3.8) is 0 Å². The highest BCUT2D eigenvalue weighted by molar-refractivity contribution is 5.83. The van der Waals surface area contributed by atoms with Gasteiger partial charge in [0.2, 0.25) is 5.91 Å². The Morgan fingerprint density at radius 3 is 2.89 bits per heavy atom. The number of hydrogen-bond donors (Lipinski definition) is 0. The van der Waals surface area contributed by atoms with Gasteiger partial charge in [0.25, 0.3) is 0 Å². The molecule has 2 aromatic heterocycles. The number of ether oxygens (including phenoxy) is 1. The molecule has 150 valence electrons. The average Bonchev–Trinajstić information content (AvgIpc) is 3.39. The van der Waals surface area contributed by atoms with Crippen molar-refractivity contribution in [1.82, 2.24) is 19.7 Å². The second-order valence-corrected chi connectivity index (χ2v) is 8.45. The monoisotopic (exact) mass is 382 g/mol. The molecule has 3 unspecified atom stereocenters. The van der Waals surface area contributed by atoms with Gasteiger partial charge >= 0.3 is 0 Å². The summed E-state index contributed by atoms with van der Waals surface area (Å²) < 4.78 is 7.29. The largest absolute Gasteiger partial charge is 0.383 e. The number of hydrogen-bond acceptors (Lipinski definition) is 4. The zero-order valence-electron chi connectivity index (χ0n) is 17.0. The van der Waals surface area contributed by atoms with Crippen molar-refractivity contribution in [3.8, 4) is 0 Å². The maximum Gasteiger partial charge on any atom is 0.227 e. The molecule has 6 heteroatoms. The second-order valence-electron chi connectivity index (χ2n) is 8.45. The van der Waals surface area contributed by atoms with Crippen LogP contribution < -0.4 is 0 Å². The van der Waals surface area contributed by atoms with Crippen molar-refractivity contribution >= 4 is 5.91 Å². The number of amides is 1. The maximum atomic E-state index is 13.7. The number of nitrogens with zero attached hydrogens (tertiary/aromatic N) is 4. The number of fused-ring (bicyclic) bond motifs is 1. The fraction of sp³-hybridized carbons (Fsp3) is 0.591. The van der Waals surface area contributed by atoms with E-state index in [1.807, 2.05) is 34.0 Å². The van der Waals surface area contributed by atoms with Gasteiger partial charge in [-0.25, -0.2) is 0 Å². The van der Waals surface area contributed by atoms with E-state index in [1.165, 1.54) is 5.69 Å². The molecule has 5 rings (SSSR count). The van der Waals surface area contributed by atoms with Crippen LogP contribution in [0.3, 0.4) is 0 Å². The van der Waals surface area contributed by atoms with Crippen LogP contribution >= 0.6 is 0 Å². The maximum absolute atomic E-state index is 13.7. The van der Waals surface area contributed by atoms with Gasteiger partial charge in [-0.3, -0.25) is 14.5 Å². The number of pyridine rings is 1. The molecule has 3 saturated carbocycles. The summed E-state index contributed by atoms with van der Waals surface area (Å²) in [6.45, 7) is 6.12. The minimum absolute atomic E-state index is 0.0524. The third-order valence-electron chi connectivity index (χ3n) is 6.62. The highest BCUT2D eigenvalue weighted by Gasteiger charge is 2.64. The first kappa shape index (κ1) is 19.1. The Morgan fingerprint density at radius 1 is 1.36 bits per heavy atom. The lowest BCUT2D eigenvalue weighted by Crippen LogP contribution is -2.55. The quantitative estimate of drug-likeness (QED) is 0.704. The third-order valence-corrected chi connectivity index (χ3v) is 6.62. The highest BCUT2D eigenvalue weighted by Crippen LogP contribution is 2.64. The summed E-state index contributed by atoms with van der Waals surface area (Å²) in [5, 5.41) is 4.51. The lowest BCUT2D eigenvalue weighted by molar-refractivity contribution is -0.146. The Bertz CT molecular complexity index is 815. The molecular weight excluding hydrogens is 352 g/mol. The summed E-state index contributed by atoms with van der Waals surface area (Å²) in [5.41, 5.74) is 2.08. The van der Waals surface area contributed by atoms with Gasteiger partial charge in [-0.15, -0.1) is 0 Å². The van der Waals surface area contributed by atoms with E-state index in [9.17, 15) is 4.79 Å². The van der Waals surface area contributed by atoms with Gasteiger partial charge in [-0.1, -0.05) is 6.07 Å². The van der Waals surface area contributed by atoms with Crippen LogP contribution in [0, 0.1) is 11.8 Å². The van der Waals surface area contributed by atoms with Gasteiger partial charge in [-0.05, 0) is 57.2 Å². The molecule has 3 atom stereocenters. The number of aromatic nitrogens is 3. The predicted molar refractivity (Wildman–Crippen MR) is 107 cm³/mol. The molecule has 0 N–H and O–H groups in total. The Balaban J connectivity index is 1.59. The third kappa shape index (κ3) is 3.13. The molecule has 0 spiro atoms. The van der Waals surface area contributed by atoms with Gasteiger partial charge in [-0.2, -0.15) is 5.10 Å². The first-order chi connectivity index (χ1) is 13.6. The van der Waals surface area contributed by atoms with E-state index in [0.29, 0.717) is 19.1 Å². The minimum Gasteiger partial charge on any atom is -0.383 e. The number of carbonyl (C=O) groups is 1. The standard InChI is InChI=1S/C22H30N4O2/c1-16(2)25(15-18-6-4-5-10-23-18)21(27)20-17-7-9-22(20,14-17)19-8-11-24-26(19)12-13-28-3/h4-6,8,10-11,16-17,20H,7,9,12-15H2,1-3H3. The van der Waals surface area contributed by atoms with Gasteiger partial charge < -0.3 is 9.64 Å². The average molecular weight is 383 g/mol. The zero-order valence-corrected chi connectivity index (χ0v) is 17.0. The normalized spacial score (nSPS) is 25.7. The lowest BCUT2D eigenvalue weighted by atomic mass is 9.58. The molecule has 1 amide bonds. The van der Waals surface area contributed by atoms with E-state index in [-0.39, 0.29) is 23.3 Å². The molecule has 2 bridgehead atoms. The summed E-state index contributed by atoms with van der Waals surface area (Å²) in [4.78, 5) is 20.1. The molecule has 0 radical (unpaired) electrons. The molecule has 0 aromatic carbocycles. The minimum atomic E-state index is -0.0662. The fourth-order valence-electron chi connectivity index (χ4n) is 5.27. The number of carbonyl (C=O) groups excluding carboxylic acids is 1. The smallest absolute Gasteiger partial charge is 0.227 e. The van der Waals surface area contributed by atoms with E-state index < -0.39 is 0 Å². The van der Waals surface area contributed by atoms with Crippen LogP contribution in [0.15, 0.2) is 36.7 Å². The summed E-state index contributed by atoms with van der Waals surface area (Å²) >= 11 is 0. The summed E-state index contributed by atoms with van der Waals surface area (Å²) in [6, 6.07) is 8.13. The van der Waals surface area contributed by atoms with Crippen LogP contribution in [0.1, 0.15) is 44.5 Å². The Morgan fingerprint density at radius 2 is 2.21 bits per heavy atom. The van der Waals surface area contributed by atoms with Crippen molar-refractivity contribution in [2.75, 3.05) is 13.7 Å². The molecule has 2 aromatic rings. The molecule has 3 aliphatic carbocycles. The molecule has 6 nitrogen and oxygen atoms in total. The summed E-state index contributed by atoms with van der Waals surface area (Å²) in [6.07, 6.45) is 6.95. The first-order valence-corrected chi connectivity index (χ1v) is 10.3. The van der Waals surface area contributed by atoms with Gasteiger partial charge in [0.15, 0.2) is 0 Å². The van der Waals surface area contributed by atoms with Crippen molar-refractivity contribution in [2.45, 2.75) is 57.7 Å². The van der Waals surface area contributed by atoms with Crippen LogP contribution in [0.5, 0.6) is 0 Å². The summed E-state index contributed by atoms with van der Waals surface area (Å²) in [7, 11) is 1.71. The van der Waals surface area contributed by atoms with Crippen molar-refractivity contribution in [1.29, 1.82) is 0 Å². The molecule has 3 fully saturated rings. The molecule has 3 aliphatic rings. The second kappa shape index (κ2) is 7.66. The SMILES string of the molecule is COCCn1nccc1C12CCC(C1)C2C(=O)N(Cc1ccccn1)C(C)C. The lowest BCUT2D eigenvalue weighted by Gasteiger charge is -2.48. The summed E-state index contributed by atoms with van der Waals surface area (Å²) in [5.74, 6) is 0.814. The predicted octanol–water partition coefficient (Wildman–Crippen LogP) is 3.03. The zero-order chi connectivity index (χ0) is 19.7. The van der Waals surface area contributed by atoms with Crippen LogP contribution in [-0.4, -0.2) is 45.3 Å². The molecule has 0 saturated heterocycles. The van der Waals surface area contributed by atoms with Crippen molar-refractivity contribution < 1.29 is 9.53 Å². The number of methoxy groups -OCH3 is 1. The fourth-order valence-corrected chi connectivity index (χ4v) is 5.27. The van der Waals surface area contributed by atoms with E-state index >= 15 is 0 Å². The van der Waals surface area contributed by atoms with Crippen LogP contribution in [0.25, 0.3) is 0 Å².